The van der Waals surface area contributed by atoms with Gasteiger partial charge in [-0.1, -0.05) is 41.7 Å². The summed E-state index contributed by atoms with van der Waals surface area (Å²) in [7, 11) is 0. The second kappa shape index (κ2) is 6.43. The molecular weight excluding hydrogens is 270 g/mol. The van der Waals surface area contributed by atoms with Crippen molar-refractivity contribution in [3.63, 3.8) is 0 Å². The highest BCUT2D eigenvalue weighted by Crippen LogP contribution is 2.24. The molecule has 2 atom stereocenters. The first-order valence-electron chi connectivity index (χ1n) is 7.07. The van der Waals surface area contributed by atoms with Gasteiger partial charge in [0.05, 0.1) is 12.1 Å². The van der Waals surface area contributed by atoms with Crippen molar-refractivity contribution in [1.82, 2.24) is 10.2 Å². The smallest absolute Gasteiger partial charge is 0.138 e. The molecule has 5 heteroatoms. The summed E-state index contributed by atoms with van der Waals surface area (Å²) in [6.07, 6.45) is 4.74. The predicted octanol–water partition coefficient (Wildman–Crippen LogP) is 2.70. The van der Waals surface area contributed by atoms with Gasteiger partial charge in [0.25, 0.3) is 0 Å². The summed E-state index contributed by atoms with van der Waals surface area (Å²) in [5, 5.41) is 10.4. The van der Waals surface area contributed by atoms with Gasteiger partial charge in [-0.3, -0.25) is 0 Å². The summed E-state index contributed by atoms with van der Waals surface area (Å²) in [6.45, 7) is 0.908. The lowest BCUT2D eigenvalue weighted by atomic mass is 10.1. The molecule has 0 aliphatic carbocycles. The van der Waals surface area contributed by atoms with Crippen LogP contribution in [-0.2, 0) is 11.2 Å². The molecule has 2 heterocycles. The molecule has 0 amide bonds. The monoisotopic (exact) mass is 289 g/mol. The normalized spacial score (nSPS) is 20.1. The molecule has 1 aliphatic rings. The molecule has 4 nitrogen and oxygen atoms in total. The summed E-state index contributed by atoms with van der Waals surface area (Å²) in [5.74, 6) is 0. The van der Waals surface area contributed by atoms with Crippen molar-refractivity contribution in [2.24, 2.45) is 5.73 Å². The summed E-state index contributed by atoms with van der Waals surface area (Å²) >= 11 is 1.62. The number of rotatable bonds is 5. The number of nitrogens with two attached hydrogens (primary N) is 1. The maximum atomic E-state index is 6.23. The molecule has 0 spiro atoms. The van der Waals surface area contributed by atoms with Gasteiger partial charge in [-0.25, -0.2) is 0 Å². The van der Waals surface area contributed by atoms with Crippen LogP contribution in [0.15, 0.2) is 30.3 Å². The van der Waals surface area contributed by atoms with Gasteiger partial charge in [-0.05, 0) is 24.8 Å². The van der Waals surface area contributed by atoms with Crippen LogP contribution >= 0.6 is 11.3 Å². The first-order valence-corrected chi connectivity index (χ1v) is 7.89. The number of aromatic nitrogens is 2. The Bertz CT molecular complexity index is 537. The molecule has 1 fully saturated rings. The van der Waals surface area contributed by atoms with Gasteiger partial charge in [0, 0.05) is 13.0 Å². The molecule has 20 heavy (non-hydrogen) atoms. The number of benzene rings is 1. The van der Waals surface area contributed by atoms with Gasteiger partial charge in [-0.15, -0.1) is 10.2 Å². The molecule has 0 bridgehead atoms. The molecule has 2 unspecified atom stereocenters. The first kappa shape index (κ1) is 13.7. The third-order valence-electron chi connectivity index (χ3n) is 3.61. The van der Waals surface area contributed by atoms with Crippen LogP contribution in [0.5, 0.6) is 0 Å². The zero-order chi connectivity index (χ0) is 13.8. The first-order chi connectivity index (χ1) is 9.83. The Kier molecular flexibility index (Phi) is 4.40. The van der Waals surface area contributed by atoms with Crippen molar-refractivity contribution >= 4 is 11.3 Å². The van der Waals surface area contributed by atoms with E-state index in [2.05, 4.69) is 10.2 Å². The van der Waals surface area contributed by atoms with Crippen molar-refractivity contribution in [3.05, 3.63) is 45.9 Å². The van der Waals surface area contributed by atoms with Crippen molar-refractivity contribution in [1.29, 1.82) is 0 Å². The largest absolute Gasteiger partial charge is 0.378 e. The standard InChI is InChI=1S/C15H19N3OS/c16-14(11-5-2-1-3-6-11)15-18-17-13(20-15)9-8-12-7-4-10-19-12/h1-3,5-6,12,14H,4,7-10,16H2. The number of hydrogen-bond acceptors (Lipinski definition) is 5. The lowest BCUT2D eigenvalue weighted by Gasteiger charge is -2.07. The third kappa shape index (κ3) is 3.23. The van der Waals surface area contributed by atoms with E-state index in [1.807, 2.05) is 30.3 Å². The van der Waals surface area contributed by atoms with E-state index in [0.29, 0.717) is 6.10 Å². The summed E-state index contributed by atoms with van der Waals surface area (Å²) in [4.78, 5) is 0. The van der Waals surface area contributed by atoms with Crippen molar-refractivity contribution < 1.29 is 4.74 Å². The SMILES string of the molecule is NC(c1ccccc1)c1nnc(CCC2CCCO2)s1. The Morgan fingerprint density at radius 1 is 1.30 bits per heavy atom. The minimum atomic E-state index is -0.176. The van der Waals surface area contributed by atoms with E-state index in [4.69, 9.17) is 10.5 Å². The van der Waals surface area contributed by atoms with Crippen LogP contribution in [0.3, 0.4) is 0 Å². The number of aryl methyl sites for hydroxylation is 1. The Balaban J connectivity index is 1.61. The van der Waals surface area contributed by atoms with Gasteiger partial charge in [0.2, 0.25) is 0 Å². The Morgan fingerprint density at radius 3 is 2.90 bits per heavy atom. The van der Waals surface area contributed by atoms with E-state index in [1.165, 1.54) is 12.8 Å². The van der Waals surface area contributed by atoms with Crippen LogP contribution in [0.4, 0.5) is 0 Å². The second-order valence-corrected chi connectivity index (χ2v) is 6.19. The summed E-state index contributed by atoms with van der Waals surface area (Å²) in [5.41, 5.74) is 7.31. The zero-order valence-electron chi connectivity index (χ0n) is 11.4. The van der Waals surface area contributed by atoms with Crippen LogP contribution in [0.25, 0.3) is 0 Å². The van der Waals surface area contributed by atoms with Crippen LogP contribution < -0.4 is 5.73 Å². The van der Waals surface area contributed by atoms with Gasteiger partial charge < -0.3 is 10.5 Å². The molecule has 1 saturated heterocycles. The second-order valence-electron chi connectivity index (χ2n) is 5.10. The molecule has 3 rings (SSSR count). The molecule has 2 N–H and O–H groups in total. The van der Waals surface area contributed by atoms with Gasteiger partial charge in [-0.2, -0.15) is 0 Å². The van der Waals surface area contributed by atoms with E-state index >= 15 is 0 Å². The van der Waals surface area contributed by atoms with E-state index in [0.717, 1.165) is 35.0 Å². The van der Waals surface area contributed by atoms with Crippen molar-refractivity contribution in [3.8, 4) is 0 Å². The van der Waals surface area contributed by atoms with Gasteiger partial charge in [0.1, 0.15) is 10.0 Å². The zero-order valence-corrected chi connectivity index (χ0v) is 12.2. The lowest BCUT2D eigenvalue weighted by Crippen LogP contribution is -2.11. The highest BCUT2D eigenvalue weighted by atomic mass is 32.1. The topological polar surface area (TPSA) is 61.0 Å². The molecule has 1 aliphatic heterocycles. The summed E-state index contributed by atoms with van der Waals surface area (Å²) < 4.78 is 5.63. The molecular formula is C15H19N3OS. The van der Waals surface area contributed by atoms with Crippen molar-refractivity contribution in [2.75, 3.05) is 6.61 Å². The lowest BCUT2D eigenvalue weighted by molar-refractivity contribution is 0.104. The summed E-state index contributed by atoms with van der Waals surface area (Å²) in [6, 6.07) is 9.85. The fraction of sp³-hybridized carbons (Fsp3) is 0.467. The number of hydrogen-bond donors (Lipinski definition) is 1. The maximum Gasteiger partial charge on any atom is 0.138 e. The maximum absolute atomic E-state index is 6.23. The molecule has 2 aromatic rings. The Morgan fingerprint density at radius 2 is 2.15 bits per heavy atom. The highest BCUT2D eigenvalue weighted by Gasteiger charge is 2.18. The average molecular weight is 289 g/mol. The fourth-order valence-electron chi connectivity index (χ4n) is 2.45. The van der Waals surface area contributed by atoms with Crippen LogP contribution in [0.1, 0.15) is 40.9 Å². The van der Waals surface area contributed by atoms with E-state index in [-0.39, 0.29) is 6.04 Å². The third-order valence-corrected chi connectivity index (χ3v) is 4.68. The molecule has 0 radical (unpaired) electrons. The van der Waals surface area contributed by atoms with E-state index in [1.54, 1.807) is 11.3 Å². The minimum absolute atomic E-state index is 0.176. The highest BCUT2D eigenvalue weighted by molar-refractivity contribution is 7.11. The molecule has 1 aromatic heterocycles. The average Bonchev–Trinajstić information content (AvgIpc) is 3.17. The Hall–Kier alpha value is -1.30. The molecule has 1 aromatic carbocycles. The quantitative estimate of drug-likeness (QED) is 0.919. The number of ether oxygens (including phenoxy) is 1. The number of nitrogens with zero attached hydrogens (tertiary/aromatic N) is 2. The van der Waals surface area contributed by atoms with Gasteiger partial charge in [0.15, 0.2) is 0 Å². The predicted molar refractivity (Wildman–Crippen MR) is 79.7 cm³/mol. The molecule has 0 saturated carbocycles. The van der Waals surface area contributed by atoms with Gasteiger partial charge >= 0.3 is 0 Å². The van der Waals surface area contributed by atoms with Crippen LogP contribution in [-0.4, -0.2) is 22.9 Å². The molecule has 106 valence electrons. The fourth-order valence-corrected chi connectivity index (χ4v) is 3.34. The van der Waals surface area contributed by atoms with Crippen LogP contribution in [0.2, 0.25) is 0 Å². The van der Waals surface area contributed by atoms with Crippen molar-refractivity contribution in [2.45, 2.75) is 37.8 Å². The van der Waals surface area contributed by atoms with E-state index in [9.17, 15) is 0 Å². The van der Waals surface area contributed by atoms with Crippen LogP contribution in [0, 0.1) is 0 Å². The Labute approximate surface area is 123 Å². The van der Waals surface area contributed by atoms with E-state index < -0.39 is 0 Å². The minimum Gasteiger partial charge on any atom is -0.378 e.